The third kappa shape index (κ3) is 3.03. The summed E-state index contributed by atoms with van der Waals surface area (Å²) in [5.41, 5.74) is 0.657. The first-order chi connectivity index (χ1) is 7.70. The number of amides is 1. The highest BCUT2D eigenvalue weighted by Gasteiger charge is 2.16. The number of nitrogens with one attached hydrogen (secondary N) is 1. The molecule has 1 aromatic rings. The summed E-state index contributed by atoms with van der Waals surface area (Å²) in [6.45, 7) is 5.15. The van der Waals surface area contributed by atoms with Crippen LogP contribution in [0.2, 0.25) is 0 Å². The second-order valence-electron chi connectivity index (χ2n) is 3.25. The van der Waals surface area contributed by atoms with Gasteiger partial charge in [0.25, 0.3) is 5.91 Å². The Morgan fingerprint density at radius 1 is 1.31 bits per heavy atom. The molecule has 0 bridgehead atoms. The fourth-order valence-electron chi connectivity index (χ4n) is 1.36. The van der Waals surface area contributed by atoms with E-state index in [-0.39, 0.29) is 5.91 Å². The van der Waals surface area contributed by atoms with E-state index in [1.807, 2.05) is 32.0 Å². The fraction of sp³-hybridized carbons (Fsp3) is 0.333. The van der Waals surface area contributed by atoms with Crippen molar-refractivity contribution in [2.24, 2.45) is 0 Å². The molecule has 0 saturated carbocycles. The van der Waals surface area contributed by atoms with E-state index >= 15 is 0 Å². The van der Waals surface area contributed by atoms with Gasteiger partial charge in [-0.25, -0.2) is 0 Å². The van der Waals surface area contributed by atoms with E-state index < -0.39 is 0 Å². The molecule has 0 saturated heterocycles. The zero-order valence-corrected chi connectivity index (χ0v) is 10.4. The van der Waals surface area contributed by atoms with Crippen LogP contribution in [-0.2, 0) is 0 Å². The molecule has 3 nitrogen and oxygen atoms in total. The van der Waals surface area contributed by atoms with Crippen LogP contribution in [-0.4, -0.2) is 29.0 Å². The molecule has 0 aliphatic carbocycles. The van der Waals surface area contributed by atoms with Crippen molar-refractivity contribution in [1.82, 2.24) is 10.2 Å². The summed E-state index contributed by atoms with van der Waals surface area (Å²) in [6.07, 6.45) is 0. The Bertz CT molecular complexity index is 365. The minimum atomic E-state index is -0.0611. The number of carbonyl (C=O) groups is 1. The molecule has 0 heterocycles. The van der Waals surface area contributed by atoms with Crippen molar-refractivity contribution in [2.75, 3.05) is 13.1 Å². The van der Waals surface area contributed by atoms with Gasteiger partial charge in [-0.2, -0.15) is 0 Å². The lowest BCUT2D eigenvalue weighted by molar-refractivity contribution is 0.0851. The van der Waals surface area contributed by atoms with Crippen LogP contribution in [0.4, 0.5) is 0 Å². The summed E-state index contributed by atoms with van der Waals surface area (Å²) in [6, 6.07) is 9.16. The largest absolute Gasteiger partial charge is 0.362 e. The van der Waals surface area contributed by atoms with Crippen molar-refractivity contribution in [2.45, 2.75) is 13.8 Å². The van der Waals surface area contributed by atoms with Crippen molar-refractivity contribution in [3.8, 4) is 0 Å². The molecule has 0 atom stereocenters. The van der Waals surface area contributed by atoms with Crippen molar-refractivity contribution in [1.29, 1.82) is 0 Å². The lowest BCUT2D eigenvalue weighted by atomic mass is 10.2. The van der Waals surface area contributed by atoms with E-state index in [4.69, 9.17) is 12.2 Å². The Morgan fingerprint density at radius 2 is 1.94 bits per heavy atom. The van der Waals surface area contributed by atoms with Gasteiger partial charge in [0, 0.05) is 18.7 Å². The minimum Gasteiger partial charge on any atom is -0.362 e. The Morgan fingerprint density at radius 3 is 2.44 bits per heavy atom. The van der Waals surface area contributed by atoms with Crippen molar-refractivity contribution >= 4 is 23.2 Å². The van der Waals surface area contributed by atoms with Gasteiger partial charge in [0.1, 0.15) is 0 Å². The Hall–Kier alpha value is -1.42. The Labute approximate surface area is 101 Å². The molecule has 1 rings (SSSR count). The monoisotopic (exact) mass is 236 g/mol. The molecule has 0 radical (unpaired) electrons. The van der Waals surface area contributed by atoms with Crippen molar-refractivity contribution in [3.05, 3.63) is 35.9 Å². The van der Waals surface area contributed by atoms with Gasteiger partial charge in [0.05, 0.1) is 0 Å². The topological polar surface area (TPSA) is 32.3 Å². The molecule has 0 aliphatic rings. The molecule has 86 valence electrons. The van der Waals surface area contributed by atoms with Gasteiger partial charge < -0.3 is 5.32 Å². The lowest BCUT2D eigenvalue weighted by Gasteiger charge is -2.21. The Kier molecular flexibility index (Phi) is 4.92. The first-order valence-corrected chi connectivity index (χ1v) is 5.76. The van der Waals surface area contributed by atoms with Crippen LogP contribution in [0.15, 0.2) is 30.3 Å². The molecule has 0 aliphatic heterocycles. The van der Waals surface area contributed by atoms with Gasteiger partial charge in [-0.15, -0.1) is 0 Å². The number of thiocarbonyl (C=S) groups is 1. The standard InChI is InChI=1S/C12H16N2OS/c1-3-13-12(16)14(4-2)11(15)10-8-6-5-7-9-10/h5-9H,3-4H2,1-2H3,(H,13,16). The summed E-state index contributed by atoms with van der Waals surface area (Å²) < 4.78 is 0. The van der Waals surface area contributed by atoms with Crippen LogP contribution in [0, 0.1) is 0 Å². The molecular weight excluding hydrogens is 220 g/mol. The predicted molar refractivity (Wildman–Crippen MR) is 69.4 cm³/mol. The molecule has 1 N–H and O–H groups in total. The van der Waals surface area contributed by atoms with E-state index in [1.54, 1.807) is 17.0 Å². The summed E-state index contributed by atoms with van der Waals surface area (Å²) in [4.78, 5) is 13.7. The fourth-order valence-corrected chi connectivity index (χ4v) is 1.72. The molecule has 0 unspecified atom stereocenters. The van der Waals surface area contributed by atoms with Crippen molar-refractivity contribution < 1.29 is 4.79 Å². The number of carbonyl (C=O) groups excluding carboxylic acids is 1. The minimum absolute atomic E-state index is 0.0611. The van der Waals surface area contributed by atoms with E-state index in [0.717, 1.165) is 6.54 Å². The zero-order valence-electron chi connectivity index (χ0n) is 9.56. The van der Waals surface area contributed by atoms with Gasteiger partial charge in [0.15, 0.2) is 5.11 Å². The van der Waals surface area contributed by atoms with E-state index in [2.05, 4.69) is 5.32 Å². The van der Waals surface area contributed by atoms with Crippen LogP contribution in [0.25, 0.3) is 0 Å². The maximum atomic E-state index is 12.1. The number of benzene rings is 1. The van der Waals surface area contributed by atoms with Gasteiger partial charge in [-0.05, 0) is 38.2 Å². The van der Waals surface area contributed by atoms with E-state index in [0.29, 0.717) is 17.2 Å². The highest BCUT2D eigenvalue weighted by molar-refractivity contribution is 7.80. The normalized spacial score (nSPS) is 9.62. The summed E-state index contributed by atoms with van der Waals surface area (Å²) >= 11 is 5.14. The third-order valence-electron chi connectivity index (χ3n) is 2.16. The van der Waals surface area contributed by atoms with Gasteiger partial charge in [0.2, 0.25) is 0 Å². The van der Waals surface area contributed by atoms with Crippen LogP contribution in [0.5, 0.6) is 0 Å². The molecule has 0 fully saturated rings. The zero-order chi connectivity index (χ0) is 12.0. The molecule has 4 heteroatoms. The van der Waals surface area contributed by atoms with Gasteiger partial charge in [-0.1, -0.05) is 18.2 Å². The average Bonchev–Trinajstić information content (AvgIpc) is 2.31. The number of rotatable bonds is 3. The number of nitrogens with zero attached hydrogens (tertiary/aromatic N) is 1. The SMILES string of the molecule is CCNC(=S)N(CC)C(=O)c1ccccc1. The first kappa shape index (κ1) is 12.6. The number of hydrogen-bond donors (Lipinski definition) is 1. The summed E-state index contributed by atoms with van der Waals surface area (Å²) in [5.74, 6) is -0.0611. The van der Waals surface area contributed by atoms with Crippen molar-refractivity contribution in [3.63, 3.8) is 0 Å². The maximum Gasteiger partial charge on any atom is 0.260 e. The highest BCUT2D eigenvalue weighted by Crippen LogP contribution is 2.04. The van der Waals surface area contributed by atoms with Gasteiger partial charge >= 0.3 is 0 Å². The second kappa shape index (κ2) is 6.23. The smallest absolute Gasteiger partial charge is 0.260 e. The summed E-state index contributed by atoms with van der Waals surface area (Å²) in [7, 11) is 0. The van der Waals surface area contributed by atoms with Crippen LogP contribution in [0.1, 0.15) is 24.2 Å². The molecule has 0 aromatic heterocycles. The lowest BCUT2D eigenvalue weighted by Crippen LogP contribution is -2.43. The predicted octanol–water partition coefficient (Wildman–Crippen LogP) is 2.04. The molecule has 1 aromatic carbocycles. The Balaban J connectivity index is 2.82. The third-order valence-corrected chi connectivity index (χ3v) is 2.52. The van der Waals surface area contributed by atoms with Crippen LogP contribution >= 0.6 is 12.2 Å². The quantitative estimate of drug-likeness (QED) is 0.815. The van der Waals surface area contributed by atoms with E-state index in [1.165, 1.54) is 0 Å². The second-order valence-corrected chi connectivity index (χ2v) is 3.64. The molecule has 16 heavy (non-hydrogen) atoms. The van der Waals surface area contributed by atoms with Crippen LogP contribution < -0.4 is 5.32 Å². The highest BCUT2D eigenvalue weighted by atomic mass is 32.1. The molecule has 1 amide bonds. The van der Waals surface area contributed by atoms with E-state index in [9.17, 15) is 4.79 Å². The average molecular weight is 236 g/mol. The maximum absolute atomic E-state index is 12.1. The summed E-state index contributed by atoms with van der Waals surface area (Å²) in [5, 5.41) is 3.47. The molecule has 0 spiro atoms. The van der Waals surface area contributed by atoms with Crippen LogP contribution in [0.3, 0.4) is 0 Å². The van der Waals surface area contributed by atoms with Gasteiger partial charge in [-0.3, -0.25) is 9.69 Å². The molecular formula is C12H16N2OS. The first-order valence-electron chi connectivity index (χ1n) is 5.35. The number of hydrogen-bond acceptors (Lipinski definition) is 2.